The fourth-order valence-corrected chi connectivity index (χ4v) is 5.99. The van der Waals surface area contributed by atoms with Crippen LogP contribution in [0.25, 0.3) is 0 Å². The van der Waals surface area contributed by atoms with Crippen LogP contribution >= 0.6 is 0 Å². The molecule has 2 unspecified atom stereocenters. The Labute approximate surface area is 180 Å². The van der Waals surface area contributed by atoms with Gasteiger partial charge in [-0.05, 0) is 30.4 Å². The van der Waals surface area contributed by atoms with Crippen molar-refractivity contribution < 1.29 is 21.5 Å². The Morgan fingerprint density at radius 2 is 1.39 bits per heavy atom. The monoisotopic (exact) mass is 438 g/mol. The molecule has 0 aliphatic carbocycles. The summed E-state index contributed by atoms with van der Waals surface area (Å²) >= 11 is 0. The van der Waals surface area contributed by atoms with Crippen LogP contribution in [-0.4, -0.2) is 30.2 Å². The third-order valence-electron chi connectivity index (χ3n) is 7.71. The minimum Gasteiger partial charge on any atom is -1.00 e. The van der Waals surface area contributed by atoms with Crippen molar-refractivity contribution in [3.63, 3.8) is 0 Å². The van der Waals surface area contributed by atoms with E-state index in [1.165, 1.54) is 36.7 Å². The molecular weight excluding hydrogens is 408 g/mol. The molecule has 28 heavy (non-hydrogen) atoms. The molecule has 0 spiro atoms. The van der Waals surface area contributed by atoms with Gasteiger partial charge in [0.15, 0.2) is 0 Å². The van der Waals surface area contributed by atoms with E-state index in [1.54, 1.807) is 0 Å². The normalized spacial score (nSPS) is 29.0. The molecule has 2 saturated heterocycles. The molecule has 4 rings (SSSR count). The summed E-state index contributed by atoms with van der Waals surface area (Å²) in [4.78, 5) is 0. The number of quaternary nitrogens is 1. The molecule has 0 aromatic heterocycles. The third-order valence-corrected chi connectivity index (χ3v) is 7.71. The molecule has 4 atom stereocenters. The average molecular weight is 439 g/mol. The Morgan fingerprint density at radius 1 is 0.929 bits per heavy atom. The maximum absolute atomic E-state index is 10.5. The molecule has 0 amide bonds. The van der Waals surface area contributed by atoms with Crippen molar-refractivity contribution in [2.75, 3.05) is 13.6 Å². The first-order valence-electron chi connectivity index (χ1n) is 10.5. The first-order valence-corrected chi connectivity index (χ1v) is 10.5. The minimum atomic E-state index is -0.542. The molecule has 2 heterocycles. The zero-order chi connectivity index (χ0) is 18.9. The highest BCUT2D eigenvalue weighted by atomic mass is 79.9. The second-order valence-corrected chi connectivity index (χ2v) is 8.84. The van der Waals surface area contributed by atoms with Gasteiger partial charge in [-0.15, -0.1) is 0 Å². The van der Waals surface area contributed by atoms with Gasteiger partial charge in [0.2, 0.25) is 0 Å². The lowest BCUT2D eigenvalue weighted by molar-refractivity contribution is -0.948. The molecular formula is C25H31BrN2. The number of fused-ring (bicyclic) bond motifs is 2. The zero-order valence-electron chi connectivity index (χ0n) is 17.0. The molecule has 2 aliphatic rings. The molecule has 2 fully saturated rings. The second kappa shape index (κ2) is 8.39. The summed E-state index contributed by atoms with van der Waals surface area (Å²) in [5.74, 6) is 0.625. The number of halogens is 1. The minimum absolute atomic E-state index is 0. The third kappa shape index (κ3) is 3.42. The molecule has 2 bridgehead atoms. The van der Waals surface area contributed by atoms with Crippen molar-refractivity contribution in [1.82, 2.24) is 0 Å². The van der Waals surface area contributed by atoms with Crippen LogP contribution in [0.2, 0.25) is 0 Å². The molecule has 2 aliphatic heterocycles. The molecule has 2 nitrogen and oxygen atoms in total. The van der Waals surface area contributed by atoms with Crippen LogP contribution in [0.5, 0.6) is 0 Å². The predicted octanol–water partition coefficient (Wildman–Crippen LogP) is 2.30. The lowest BCUT2D eigenvalue weighted by Gasteiger charge is -2.47. The highest BCUT2D eigenvalue weighted by molar-refractivity contribution is 5.45. The van der Waals surface area contributed by atoms with E-state index in [0.717, 1.165) is 29.6 Å². The van der Waals surface area contributed by atoms with E-state index in [9.17, 15) is 5.26 Å². The number of nitrogens with zero attached hydrogens (tertiary/aromatic N) is 2. The molecule has 0 N–H and O–H groups in total. The van der Waals surface area contributed by atoms with Gasteiger partial charge in [0.25, 0.3) is 0 Å². The summed E-state index contributed by atoms with van der Waals surface area (Å²) in [7, 11) is 2.46. The quantitative estimate of drug-likeness (QED) is 0.656. The lowest BCUT2D eigenvalue weighted by atomic mass is 9.67. The SMILES string of the molecule is CC[N+]1(C)[C@@H]2CC[C@H]1CC(CC(C#N)(c1ccccc1)c1ccccc1)C2.[Br-]. The van der Waals surface area contributed by atoms with Gasteiger partial charge in [-0.3, -0.25) is 0 Å². The van der Waals surface area contributed by atoms with E-state index < -0.39 is 5.41 Å². The lowest BCUT2D eigenvalue weighted by Crippen LogP contribution is -3.00. The van der Waals surface area contributed by atoms with E-state index in [2.05, 4.69) is 68.6 Å². The van der Waals surface area contributed by atoms with Crippen LogP contribution in [0.4, 0.5) is 0 Å². The number of hydrogen-bond acceptors (Lipinski definition) is 1. The van der Waals surface area contributed by atoms with Gasteiger partial charge < -0.3 is 21.5 Å². The van der Waals surface area contributed by atoms with Gasteiger partial charge in [-0.2, -0.15) is 5.26 Å². The Balaban J connectivity index is 0.00000225. The van der Waals surface area contributed by atoms with E-state index in [4.69, 9.17) is 0 Å². The number of hydrogen-bond donors (Lipinski definition) is 0. The number of rotatable bonds is 5. The van der Waals surface area contributed by atoms with Crippen molar-refractivity contribution in [3.05, 3.63) is 71.8 Å². The van der Waals surface area contributed by atoms with Gasteiger partial charge in [0, 0.05) is 25.7 Å². The van der Waals surface area contributed by atoms with Crippen LogP contribution in [0.3, 0.4) is 0 Å². The van der Waals surface area contributed by atoms with E-state index in [-0.39, 0.29) is 17.0 Å². The predicted molar refractivity (Wildman–Crippen MR) is 110 cm³/mol. The summed E-state index contributed by atoms with van der Waals surface area (Å²) in [5.41, 5.74) is 1.74. The van der Waals surface area contributed by atoms with Crippen LogP contribution in [0.1, 0.15) is 50.2 Å². The highest BCUT2D eigenvalue weighted by Gasteiger charge is 2.52. The van der Waals surface area contributed by atoms with Crippen molar-refractivity contribution in [2.45, 2.75) is 56.5 Å². The second-order valence-electron chi connectivity index (χ2n) is 8.84. The summed E-state index contributed by atoms with van der Waals surface area (Å²) in [6.45, 7) is 3.59. The maximum atomic E-state index is 10.5. The van der Waals surface area contributed by atoms with E-state index >= 15 is 0 Å². The zero-order valence-corrected chi connectivity index (χ0v) is 18.6. The van der Waals surface area contributed by atoms with Gasteiger partial charge in [0.05, 0.1) is 31.7 Å². The fraction of sp³-hybridized carbons (Fsp3) is 0.480. The molecule has 148 valence electrons. The highest BCUT2D eigenvalue weighted by Crippen LogP contribution is 2.48. The molecule has 2 aromatic carbocycles. The fourth-order valence-electron chi connectivity index (χ4n) is 5.99. The number of benzene rings is 2. The van der Waals surface area contributed by atoms with Crippen LogP contribution in [0.15, 0.2) is 60.7 Å². The van der Waals surface area contributed by atoms with Crippen molar-refractivity contribution in [2.24, 2.45) is 5.92 Å². The van der Waals surface area contributed by atoms with E-state index in [0.29, 0.717) is 5.92 Å². The first kappa shape index (κ1) is 21.1. The molecule has 2 aromatic rings. The molecule has 3 heteroatoms. The summed E-state index contributed by atoms with van der Waals surface area (Å²) in [6.07, 6.45) is 6.20. The summed E-state index contributed by atoms with van der Waals surface area (Å²) < 4.78 is 1.26. The molecule has 0 radical (unpaired) electrons. The van der Waals surface area contributed by atoms with Crippen LogP contribution < -0.4 is 17.0 Å². The average Bonchev–Trinajstić information content (AvgIpc) is 2.90. The van der Waals surface area contributed by atoms with Gasteiger partial charge in [0.1, 0.15) is 5.41 Å². The van der Waals surface area contributed by atoms with E-state index in [1.807, 2.05) is 12.1 Å². The first-order chi connectivity index (χ1) is 13.1. The van der Waals surface area contributed by atoms with Crippen LogP contribution in [0, 0.1) is 17.2 Å². The van der Waals surface area contributed by atoms with Gasteiger partial charge in [-0.25, -0.2) is 0 Å². The van der Waals surface area contributed by atoms with Crippen molar-refractivity contribution in [1.29, 1.82) is 5.26 Å². The standard InChI is InChI=1S/C25H31N2.BrH/c1-3-27(2)23-14-15-24(27)17-20(16-23)18-25(19-26,21-10-6-4-7-11-21)22-12-8-5-9-13-22;/h4-13,20,23-24H,3,14-18H2,1-2H3;1H/q+1;/p-1/t20?,23-,24+,27?;. The molecule has 0 saturated carbocycles. The topological polar surface area (TPSA) is 23.8 Å². The Hall–Kier alpha value is -1.63. The number of piperidine rings is 1. The van der Waals surface area contributed by atoms with Gasteiger partial charge >= 0.3 is 0 Å². The maximum Gasteiger partial charge on any atom is 0.107 e. The van der Waals surface area contributed by atoms with Gasteiger partial charge in [-0.1, -0.05) is 60.7 Å². The Bertz CT molecular complexity index is 758. The Morgan fingerprint density at radius 3 is 1.79 bits per heavy atom. The van der Waals surface area contributed by atoms with Crippen molar-refractivity contribution >= 4 is 0 Å². The van der Waals surface area contributed by atoms with Crippen LogP contribution in [-0.2, 0) is 5.41 Å². The van der Waals surface area contributed by atoms with Crippen molar-refractivity contribution in [3.8, 4) is 6.07 Å². The summed E-state index contributed by atoms with van der Waals surface area (Å²) in [6, 6.07) is 25.3. The summed E-state index contributed by atoms with van der Waals surface area (Å²) in [5, 5.41) is 10.5. The smallest absolute Gasteiger partial charge is 0.107 e. The largest absolute Gasteiger partial charge is 1.00 e. The Kier molecular flexibility index (Phi) is 6.32. The number of nitriles is 1.